The molecule has 0 aromatic heterocycles. The van der Waals surface area contributed by atoms with E-state index in [9.17, 15) is 4.79 Å². The summed E-state index contributed by atoms with van der Waals surface area (Å²) in [4.78, 5) is 13.5. The molecule has 0 spiro atoms. The van der Waals surface area contributed by atoms with Crippen LogP contribution in [0, 0.1) is 6.92 Å². The van der Waals surface area contributed by atoms with E-state index in [1.807, 2.05) is 39.0 Å². The number of quaternary nitrogens is 1. The second-order valence-electron chi connectivity index (χ2n) is 6.14. The van der Waals surface area contributed by atoms with Crippen LogP contribution in [-0.2, 0) is 4.74 Å². The number of nitrogens with one attached hydrogen (secondary N) is 2. The normalized spacial score (nSPS) is 26.6. The molecular weight excluding hydrogens is 359 g/mol. The molecule has 0 aliphatic carbocycles. The highest BCUT2D eigenvalue weighted by molar-refractivity contribution is 6.68. The predicted molar refractivity (Wildman–Crippen MR) is 93.4 cm³/mol. The highest BCUT2D eigenvalue weighted by Gasteiger charge is 2.44. The van der Waals surface area contributed by atoms with Gasteiger partial charge in [-0.25, -0.2) is 0 Å². The molecule has 1 saturated heterocycles. The molecule has 2 N–H and O–H groups in total. The maximum absolute atomic E-state index is 12.5. The average Bonchev–Trinajstić information content (AvgIpc) is 2.42. The van der Waals surface area contributed by atoms with Crippen LogP contribution in [0.25, 0.3) is 0 Å². The van der Waals surface area contributed by atoms with Gasteiger partial charge in [0.2, 0.25) is 6.17 Å². The van der Waals surface area contributed by atoms with Crippen molar-refractivity contribution < 1.29 is 14.4 Å². The third kappa shape index (κ3) is 5.23. The summed E-state index contributed by atoms with van der Waals surface area (Å²) in [5, 5.41) is 2.88. The van der Waals surface area contributed by atoms with Crippen molar-refractivity contribution in [1.82, 2.24) is 5.32 Å². The van der Waals surface area contributed by atoms with Gasteiger partial charge in [0.15, 0.2) is 0 Å². The van der Waals surface area contributed by atoms with Crippen molar-refractivity contribution in [2.24, 2.45) is 0 Å². The summed E-state index contributed by atoms with van der Waals surface area (Å²) in [6, 6.07) is 7.32. The summed E-state index contributed by atoms with van der Waals surface area (Å²) < 4.78 is 4.12. The van der Waals surface area contributed by atoms with Gasteiger partial charge in [0.25, 0.3) is 9.70 Å². The number of rotatable bonds is 3. The smallest absolute Gasteiger partial charge is 0.262 e. The van der Waals surface area contributed by atoms with Crippen molar-refractivity contribution in [2.75, 3.05) is 13.1 Å². The number of alkyl halides is 3. The summed E-state index contributed by atoms with van der Waals surface area (Å²) in [6.45, 7) is 7.22. The second-order valence-corrected chi connectivity index (χ2v) is 8.51. The van der Waals surface area contributed by atoms with Crippen molar-refractivity contribution in [3.8, 4) is 0 Å². The summed E-state index contributed by atoms with van der Waals surface area (Å²) >= 11 is 18.4. The van der Waals surface area contributed by atoms with Gasteiger partial charge in [-0.05, 0) is 32.9 Å². The zero-order chi connectivity index (χ0) is 17.2. The molecule has 0 bridgehead atoms. The second kappa shape index (κ2) is 7.58. The van der Waals surface area contributed by atoms with Crippen molar-refractivity contribution in [3.63, 3.8) is 0 Å². The van der Waals surface area contributed by atoms with Crippen LogP contribution in [0.1, 0.15) is 29.8 Å². The molecule has 0 unspecified atom stereocenters. The summed E-state index contributed by atoms with van der Waals surface area (Å²) in [6.07, 6.45) is -0.562. The fourth-order valence-electron chi connectivity index (χ4n) is 2.97. The lowest BCUT2D eigenvalue weighted by Crippen LogP contribution is -3.22. The largest absolute Gasteiger partial charge is 0.364 e. The summed E-state index contributed by atoms with van der Waals surface area (Å²) in [5.41, 5.74) is 1.56. The van der Waals surface area contributed by atoms with E-state index in [2.05, 4.69) is 5.32 Å². The molecule has 1 aliphatic heterocycles. The highest BCUT2D eigenvalue weighted by atomic mass is 35.6. The minimum Gasteiger partial charge on any atom is -0.364 e. The number of aryl methyl sites for hydroxylation is 1. The molecular formula is C16H22Cl3N2O2+. The average molecular weight is 381 g/mol. The fraction of sp³-hybridized carbons (Fsp3) is 0.562. The third-order valence-corrected chi connectivity index (χ3v) is 4.51. The Kier molecular flexibility index (Phi) is 6.20. The Labute approximate surface area is 152 Å². The van der Waals surface area contributed by atoms with Gasteiger partial charge in [0.05, 0.1) is 0 Å². The molecule has 1 fully saturated rings. The number of hydrogen-bond donors (Lipinski definition) is 2. The quantitative estimate of drug-likeness (QED) is 0.789. The lowest BCUT2D eigenvalue weighted by Gasteiger charge is -2.39. The van der Waals surface area contributed by atoms with Gasteiger partial charge in [0, 0.05) is 5.56 Å². The van der Waals surface area contributed by atoms with Gasteiger partial charge in [-0.3, -0.25) is 10.1 Å². The Morgan fingerprint density at radius 3 is 2.43 bits per heavy atom. The summed E-state index contributed by atoms with van der Waals surface area (Å²) in [5.74, 6) is -0.246. The molecule has 2 rings (SSSR count). The first-order valence-electron chi connectivity index (χ1n) is 7.61. The Hall–Kier alpha value is -0.520. The first-order valence-corrected chi connectivity index (χ1v) is 8.74. The van der Waals surface area contributed by atoms with Gasteiger partial charge < -0.3 is 9.64 Å². The van der Waals surface area contributed by atoms with Crippen molar-refractivity contribution in [1.29, 1.82) is 0 Å². The molecule has 1 heterocycles. The highest BCUT2D eigenvalue weighted by Crippen LogP contribution is 2.28. The number of hydrogen-bond acceptors (Lipinski definition) is 2. The van der Waals surface area contributed by atoms with E-state index in [0.29, 0.717) is 18.7 Å². The van der Waals surface area contributed by atoms with Crippen LogP contribution < -0.4 is 10.2 Å². The minimum absolute atomic E-state index is 0.0412. The first-order chi connectivity index (χ1) is 10.7. The van der Waals surface area contributed by atoms with E-state index in [4.69, 9.17) is 39.5 Å². The Morgan fingerprint density at radius 2 is 1.91 bits per heavy atom. The monoisotopic (exact) mass is 379 g/mol. The van der Waals surface area contributed by atoms with Gasteiger partial charge in [-0.1, -0.05) is 52.5 Å². The fourth-order valence-corrected chi connectivity index (χ4v) is 3.59. The molecule has 7 heteroatoms. The molecule has 23 heavy (non-hydrogen) atoms. The van der Waals surface area contributed by atoms with Crippen LogP contribution in [0.4, 0.5) is 0 Å². The number of benzene rings is 1. The van der Waals surface area contributed by atoms with E-state index in [1.54, 1.807) is 6.07 Å². The van der Waals surface area contributed by atoms with E-state index >= 15 is 0 Å². The molecule has 0 radical (unpaired) electrons. The predicted octanol–water partition coefficient (Wildman–Crippen LogP) is 2.11. The summed E-state index contributed by atoms with van der Waals surface area (Å²) in [7, 11) is 0. The molecule has 4 nitrogen and oxygen atoms in total. The van der Waals surface area contributed by atoms with Crippen LogP contribution in [0.15, 0.2) is 24.3 Å². The number of morpholine rings is 1. The SMILES string of the molecule is Cc1cccc(C(=O)N[C@H]([NH+]2C[C@@H](C)O[C@H](C)C2)C(Cl)(Cl)Cl)c1. The van der Waals surface area contributed by atoms with Crippen molar-refractivity contribution >= 4 is 40.7 Å². The first kappa shape index (κ1) is 18.8. The van der Waals surface area contributed by atoms with Gasteiger partial charge >= 0.3 is 0 Å². The van der Waals surface area contributed by atoms with Gasteiger partial charge in [-0.2, -0.15) is 0 Å². The van der Waals surface area contributed by atoms with Crippen LogP contribution >= 0.6 is 34.8 Å². The lowest BCUT2D eigenvalue weighted by atomic mass is 10.1. The van der Waals surface area contributed by atoms with E-state index < -0.39 is 9.96 Å². The Bertz CT molecular complexity index is 553. The Balaban J connectivity index is 2.17. The number of carbonyl (C=O) groups excluding carboxylic acids is 1. The van der Waals surface area contributed by atoms with Crippen LogP contribution in [0.2, 0.25) is 0 Å². The molecule has 1 aromatic rings. The molecule has 1 aromatic carbocycles. The molecule has 0 saturated carbocycles. The molecule has 1 amide bonds. The number of halogens is 3. The van der Waals surface area contributed by atoms with Crippen LogP contribution in [-0.4, -0.2) is 41.2 Å². The van der Waals surface area contributed by atoms with Crippen LogP contribution in [0.5, 0.6) is 0 Å². The number of ether oxygens (including phenoxy) is 1. The zero-order valence-corrected chi connectivity index (χ0v) is 15.7. The van der Waals surface area contributed by atoms with E-state index in [0.717, 1.165) is 10.5 Å². The maximum Gasteiger partial charge on any atom is 0.262 e. The number of carbonyl (C=O) groups is 1. The van der Waals surface area contributed by atoms with Gasteiger partial charge in [-0.15, -0.1) is 0 Å². The standard InChI is InChI=1S/C16H21Cl3N2O2/c1-10-5-4-6-13(7-10)14(22)20-15(16(17,18)19)21-8-11(2)23-12(3)9-21/h4-7,11-12,15H,8-9H2,1-3H3,(H,20,22)/p+1/t11-,12-,15-/m1/s1. The molecule has 128 valence electrons. The topological polar surface area (TPSA) is 42.8 Å². The van der Waals surface area contributed by atoms with Gasteiger partial charge in [0.1, 0.15) is 25.3 Å². The lowest BCUT2D eigenvalue weighted by molar-refractivity contribution is -0.941. The zero-order valence-electron chi connectivity index (χ0n) is 13.4. The molecule has 1 aliphatic rings. The molecule has 3 atom stereocenters. The van der Waals surface area contributed by atoms with Crippen molar-refractivity contribution in [3.05, 3.63) is 35.4 Å². The minimum atomic E-state index is -1.61. The number of amides is 1. The Morgan fingerprint density at radius 1 is 1.30 bits per heavy atom. The third-order valence-electron chi connectivity index (χ3n) is 3.86. The van der Waals surface area contributed by atoms with Crippen LogP contribution in [0.3, 0.4) is 0 Å². The van der Waals surface area contributed by atoms with E-state index in [1.165, 1.54) is 0 Å². The van der Waals surface area contributed by atoms with E-state index in [-0.39, 0.29) is 18.1 Å². The van der Waals surface area contributed by atoms with Crippen molar-refractivity contribution in [2.45, 2.75) is 42.9 Å². The maximum atomic E-state index is 12.5.